The Morgan fingerprint density at radius 3 is 2.68 bits per heavy atom. The highest BCUT2D eigenvalue weighted by atomic mass is 32.1. The Kier molecular flexibility index (Phi) is 3.35. The van der Waals surface area contributed by atoms with Gasteiger partial charge in [0.25, 0.3) is 0 Å². The van der Waals surface area contributed by atoms with Gasteiger partial charge >= 0.3 is 0 Å². The monoisotopic (exact) mass is 271 g/mol. The van der Waals surface area contributed by atoms with Crippen molar-refractivity contribution in [2.75, 3.05) is 7.05 Å². The van der Waals surface area contributed by atoms with Crippen molar-refractivity contribution in [1.29, 1.82) is 0 Å². The zero-order chi connectivity index (χ0) is 13.1. The molecule has 19 heavy (non-hydrogen) atoms. The van der Waals surface area contributed by atoms with Crippen molar-refractivity contribution in [3.63, 3.8) is 0 Å². The van der Waals surface area contributed by atoms with E-state index in [0.717, 1.165) is 15.7 Å². The number of hydrogen-bond donors (Lipinski definition) is 2. The summed E-state index contributed by atoms with van der Waals surface area (Å²) in [6.07, 6.45) is 1.71. The fourth-order valence-corrected chi connectivity index (χ4v) is 2.87. The Labute approximate surface area is 114 Å². The molecule has 0 fully saturated rings. The van der Waals surface area contributed by atoms with Crippen molar-refractivity contribution < 1.29 is 0 Å². The first kappa shape index (κ1) is 12.0. The number of rotatable bonds is 4. The number of aromatic nitrogens is 4. The average Bonchev–Trinajstić information content (AvgIpc) is 3.11. The first-order valence-corrected chi connectivity index (χ1v) is 6.75. The Bertz CT molecular complexity index is 632. The summed E-state index contributed by atoms with van der Waals surface area (Å²) in [5.74, 6) is 0. The zero-order valence-corrected chi connectivity index (χ0v) is 11.2. The number of nitrogens with one attached hydrogen (secondary N) is 2. The molecule has 5 nitrogen and oxygen atoms in total. The molecule has 0 amide bonds. The van der Waals surface area contributed by atoms with Crippen molar-refractivity contribution in [3.05, 3.63) is 53.2 Å². The number of hydrogen-bond acceptors (Lipinski definition) is 5. The summed E-state index contributed by atoms with van der Waals surface area (Å²) in [7, 11) is 1.93. The maximum Gasteiger partial charge on any atom is 0.165 e. The van der Waals surface area contributed by atoms with Crippen LogP contribution in [0.4, 0.5) is 0 Å². The van der Waals surface area contributed by atoms with E-state index in [9.17, 15) is 0 Å². The highest BCUT2D eigenvalue weighted by molar-refractivity contribution is 7.14. The molecule has 96 valence electrons. The highest BCUT2D eigenvalue weighted by Gasteiger charge is 2.17. The summed E-state index contributed by atoms with van der Waals surface area (Å²) in [5.41, 5.74) is 2.07. The van der Waals surface area contributed by atoms with E-state index >= 15 is 0 Å². The molecule has 1 atom stereocenters. The lowest BCUT2D eigenvalue weighted by molar-refractivity contribution is 0.678. The van der Waals surface area contributed by atoms with Gasteiger partial charge in [-0.1, -0.05) is 41.7 Å². The molecule has 0 bridgehead atoms. The fourth-order valence-electron chi connectivity index (χ4n) is 1.91. The minimum atomic E-state index is 0.0652. The summed E-state index contributed by atoms with van der Waals surface area (Å²) in [4.78, 5) is 0. The van der Waals surface area contributed by atoms with E-state index in [1.54, 1.807) is 17.5 Å². The van der Waals surface area contributed by atoms with Crippen LogP contribution in [-0.2, 0) is 0 Å². The lowest BCUT2D eigenvalue weighted by atomic mass is 10.1. The summed E-state index contributed by atoms with van der Waals surface area (Å²) in [6.45, 7) is 0. The van der Waals surface area contributed by atoms with Crippen LogP contribution in [-0.4, -0.2) is 27.4 Å². The largest absolute Gasteiger partial charge is 0.307 e. The molecule has 0 aliphatic rings. The summed E-state index contributed by atoms with van der Waals surface area (Å²) >= 11 is 1.56. The van der Waals surface area contributed by atoms with Gasteiger partial charge in [-0.2, -0.15) is 5.10 Å². The molecular formula is C13H13N5S. The smallest absolute Gasteiger partial charge is 0.165 e. The van der Waals surface area contributed by atoms with Gasteiger partial charge in [-0.25, -0.2) is 0 Å². The molecule has 0 radical (unpaired) electrons. The lowest BCUT2D eigenvalue weighted by Crippen LogP contribution is -2.17. The quantitative estimate of drug-likeness (QED) is 0.763. The van der Waals surface area contributed by atoms with Crippen LogP contribution in [0, 0.1) is 0 Å². The van der Waals surface area contributed by atoms with E-state index in [2.05, 4.69) is 37.8 Å². The first-order chi connectivity index (χ1) is 9.38. The molecule has 1 aromatic carbocycles. The van der Waals surface area contributed by atoms with Crippen LogP contribution < -0.4 is 5.32 Å². The molecular weight excluding hydrogens is 258 g/mol. The van der Waals surface area contributed by atoms with Crippen LogP contribution in [0.15, 0.2) is 42.6 Å². The van der Waals surface area contributed by atoms with Gasteiger partial charge < -0.3 is 5.32 Å². The van der Waals surface area contributed by atoms with Gasteiger partial charge in [0.2, 0.25) is 0 Å². The molecule has 3 rings (SSSR count). The van der Waals surface area contributed by atoms with E-state index in [4.69, 9.17) is 0 Å². The van der Waals surface area contributed by atoms with E-state index in [1.165, 1.54) is 5.56 Å². The van der Waals surface area contributed by atoms with Crippen molar-refractivity contribution in [2.24, 2.45) is 0 Å². The van der Waals surface area contributed by atoms with Crippen LogP contribution in [0.5, 0.6) is 0 Å². The second kappa shape index (κ2) is 5.29. The molecule has 0 aliphatic heterocycles. The molecule has 0 spiro atoms. The van der Waals surface area contributed by atoms with Gasteiger partial charge in [-0.15, -0.1) is 10.2 Å². The van der Waals surface area contributed by atoms with E-state index in [1.807, 2.05) is 31.3 Å². The third kappa shape index (κ3) is 2.40. The standard InChI is InChI=1S/C13H13N5S/c1-14-11(9-5-3-2-4-6-9)13-18-17-12(19-13)10-7-8-15-16-10/h2-8,11,14H,1H3,(H,15,16). The molecule has 0 saturated carbocycles. The minimum absolute atomic E-state index is 0.0652. The van der Waals surface area contributed by atoms with Crippen molar-refractivity contribution in [1.82, 2.24) is 25.7 Å². The van der Waals surface area contributed by atoms with E-state index in [-0.39, 0.29) is 6.04 Å². The van der Waals surface area contributed by atoms with E-state index < -0.39 is 0 Å². The number of nitrogens with zero attached hydrogens (tertiary/aromatic N) is 3. The van der Waals surface area contributed by atoms with Gasteiger partial charge in [0.1, 0.15) is 5.01 Å². The maximum absolute atomic E-state index is 4.28. The van der Waals surface area contributed by atoms with Crippen LogP contribution in [0.1, 0.15) is 16.6 Å². The van der Waals surface area contributed by atoms with Gasteiger partial charge in [-0.3, -0.25) is 5.10 Å². The van der Waals surface area contributed by atoms with Crippen molar-refractivity contribution in [3.8, 4) is 10.7 Å². The molecule has 0 aliphatic carbocycles. The molecule has 0 saturated heterocycles. The molecule has 2 N–H and O–H groups in total. The Morgan fingerprint density at radius 1 is 1.16 bits per heavy atom. The number of benzene rings is 1. The minimum Gasteiger partial charge on any atom is -0.307 e. The third-order valence-corrected chi connectivity index (χ3v) is 3.86. The molecule has 6 heteroatoms. The molecule has 1 unspecified atom stereocenters. The normalized spacial score (nSPS) is 12.5. The van der Waals surface area contributed by atoms with Gasteiger partial charge in [0.15, 0.2) is 5.01 Å². The number of aromatic amines is 1. The van der Waals surface area contributed by atoms with Crippen molar-refractivity contribution in [2.45, 2.75) is 6.04 Å². The van der Waals surface area contributed by atoms with Gasteiger partial charge in [0.05, 0.1) is 11.7 Å². The second-order valence-corrected chi connectivity index (χ2v) is 5.06. The molecule has 2 heterocycles. The fraction of sp³-hybridized carbons (Fsp3) is 0.154. The average molecular weight is 271 g/mol. The predicted octanol–water partition coefficient (Wildman–Crippen LogP) is 2.24. The molecule has 3 aromatic rings. The van der Waals surface area contributed by atoms with Crippen LogP contribution in [0.3, 0.4) is 0 Å². The van der Waals surface area contributed by atoms with Crippen molar-refractivity contribution >= 4 is 11.3 Å². The third-order valence-electron chi connectivity index (χ3n) is 2.84. The zero-order valence-electron chi connectivity index (χ0n) is 10.4. The predicted molar refractivity (Wildman–Crippen MR) is 74.8 cm³/mol. The maximum atomic E-state index is 4.28. The van der Waals surface area contributed by atoms with E-state index in [0.29, 0.717) is 0 Å². The summed E-state index contributed by atoms with van der Waals surface area (Å²) in [5, 5.41) is 20.4. The lowest BCUT2D eigenvalue weighted by Gasteiger charge is -2.12. The first-order valence-electron chi connectivity index (χ1n) is 5.94. The SMILES string of the molecule is CNC(c1ccccc1)c1nnc(-c2ccn[nH]2)s1. The Morgan fingerprint density at radius 2 is 2.00 bits per heavy atom. The Hall–Kier alpha value is -2.05. The van der Waals surface area contributed by atoms with Gasteiger partial charge in [-0.05, 0) is 18.7 Å². The van der Waals surface area contributed by atoms with Gasteiger partial charge in [0, 0.05) is 6.20 Å². The number of H-pyrrole nitrogens is 1. The summed E-state index contributed by atoms with van der Waals surface area (Å²) < 4.78 is 0. The van der Waals surface area contributed by atoms with Crippen LogP contribution >= 0.6 is 11.3 Å². The van der Waals surface area contributed by atoms with Crippen LogP contribution in [0.25, 0.3) is 10.7 Å². The summed E-state index contributed by atoms with van der Waals surface area (Å²) in [6, 6.07) is 12.2. The van der Waals surface area contributed by atoms with Crippen LogP contribution in [0.2, 0.25) is 0 Å². The Balaban J connectivity index is 1.93. The molecule has 2 aromatic heterocycles. The second-order valence-electron chi connectivity index (χ2n) is 4.05. The topological polar surface area (TPSA) is 66.5 Å². The highest BCUT2D eigenvalue weighted by Crippen LogP contribution is 2.28.